The van der Waals surface area contributed by atoms with E-state index < -0.39 is 0 Å². The summed E-state index contributed by atoms with van der Waals surface area (Å²) in [5.41, 5.74) is 2.76. The lowest BCUT2D eigenvalue weighted by Crippen LogP contribution is -2.38. The molecular formula is C23H26FN7O. The zero-order valence-electron chi connectivity index (χ0n) is 17.6. The molecule has 4 heterocycles. The quantitative estimate of drug-likeness (QED) is 0.489. The molecule has 4 aliphatic rings. The molecule has 166 valence electrons. The fourth-order valence-corrected chi connectivity index (χ4v) is 4.22. The Bertz CT molecular complexity index is 1040. The molecule has 0 bridgehead atoms. The van der Waals surface area contributed by atoms with Crippen LogP contribution in [0.5, 0.6) is 0 Å². The smallest absolute Gasteiger partial charge is 0.321 e. The Balaban J connectivity index is 1.17. The van der Waals surface area contributed by atoms with Crippen LogP contribution in [0.1, 0.15) is 6.42 Å². The molecule has 1 unspecified atom stereocenters. The molecule has 1 aromatic carbocycles. The van der Waals surface area contributed by atoms with Crippen LogP contribution in [0.3, 0.4) is 0 Å². The molecule has 1 fully saturated rings. The van der Waals surface area contributed by atoms with Crippen LogP contribution in [0, 0.1) is 5.92 Å². The number of urea groups is 1. The number of aliphatic imine (C=N–C) groups is 1. The predicted octanol–water partition coefficient (Wildman–Crippen LogP) is 2.13. The fourth-order valence-electron chi connectivity index (χ4n) is 4.22. The van der Waals surface area contributed by atoms with Gasteiger partial charge in [0, 0.05) is 42.7 Å². The van der Waals surface area contributed by atoms with Crippen LogP contribution in [0.15, 0.2) is 82.7 Å². The average Bonchev–Trinajstić information content (AvgIpc) is 3.47. The summed E-state index contributed by atoms with van der Waals surface area (Å²) < 4.78 is 14.5. The largest absolute Gasteiger partial charge is 0.368 e. The first kappa shape index (κ1) is 20.2. The van der Waals surface area contributed by atoms with Gasteiger partial charge in [-0.1, -0.05) is 24.3 Å². The van der Waals surface area contributed by atoms with Crippen LogP contribution in [0.4, 0.5) is 14.9 Å². The van der Waals surface area contributed by atoms with Crippen molar-refractivity contribution in [1.82, 2.24) is 26.2 Å². The number of dihydropyridines is 1. The number of carbonyl (C=O) groups excluding carboxylic acids is 1. The molecule has 8 nitrogen and oxygen atoms in total. The number of anilines is 1. The molecule has 0 aliphatic carbocycles. The number of nitrogens with one attached hydrogen (secondary N) is 5. The number of benzene rings is 1. The first-order chi connectivity index (χ1) is 15.7. The number of hydrogen-bond donors (Lipinski definition) is 5. The van der Waals surface area contributed by atoms with E-state index in [0.29, 0.717) is 25.5 Å². The van der Waals surface area contributed by atoms with Gasteiger partial charge in [0.05, 0.1) is 6.54 Å². The average molecular weight is 436 g/mol. The topological polar surface area (TPSA) is 92.8 Å². The summed E-state index contributed by atoms with van der Waals surface area (Å²) in [4.78, 5) is 18.8. The summed E-state index contributed by atoms with van der Waals surface area (Å²) in [5.74, 6) is 0.819. The number of likely N-dealkylation sites (tertiary alicyclic amines) is 1. The Morgan fingerprint density at radius 2 is 2.12 bits per heavy atom. The van der Waals surface area contributed by atoms with Gasteiger partial charge in [-0.25, -0.2) is 14.2 Å². The van der Waals surface area contributed by atoms with Crippen LogP contribution in [-0.2, 0) is 0 Å². The van der Waals surface area contributed by atoms with Crippen LogP contribution in [0.2, 0.25) is 0 Å². The second-order valence-electron chi connectivity index (χ2n) is 8.15. The molecule has 2 amide bonds. The third-order valence-electron chi connectivity index (χ3n) is 5.95. The van der Waals surface area contributed by atoms with Gasteiger partial charge in [-0.2, -0.15) is 0 Å². The van der Waals surface area contributed by atoms with Gasteiger partial charge in [0.1, 0.15) is 12.0 Å². The number of rotatable bonds is 5. The van der Waals surface area contributed by atoms with E-state index in [1.165, 1.54) is 0 Å². The van der Waals surface area contributed by atoms with Crippen molar-refractivity contribution < 1.29 is 9.18 Å². The van der Waals surface area contributed by atoms with Crippen molar-refractivity contribution in [3.05, 3.63) is 77.7 Å². The van der Waals surface area contributed by atoms with E-state index in [-0.39, 0.29) is 36.3 Å². The van der Waals surface area contributed by atoms with Crippen LogP contribution >= 0.6 is 0 Å². The van der Waals surface area contributed by atoms with E-state index in [1.54, 1.807) is 4.90 Å². The standard InChI is InChI=1S/C23H26FN7O/c24-19-13-28-21(18-12-27-20-17(18)7-4-9-25-20)30-22(19)26-11-15-8-10-31(14-15)23(32)29-16-5-2-1-3-6-16/h1-7,9,12,15,20,25-27H,8,10-11,13-14H2,(H,28,30)(H,29,32)/t15-,20?/m1/s1. The maximum atomic E-state index is 14.5. The van der Waals surface area contributed by atoms with Gasteiger partial charge in [-0.15, -0.1) is 0 Å². The lowest BCUT2D eigenvalue weighted by Gasteiger charge is -2.22. The number of fused-ring (bicyclic) bond motifs is 1. The highest BCUT2D eigenvalue weighted by Crippen LogP contribution is 2.24. The molecule has 32 heavy (non-hydrogen) atoms. The van der Waals surface area contributed by atoms with Gasteiger partial charge < -0.3 is 31.5 Å². The maximum absolute atomic E-state index is 14.5. The zero-order chi connectivity index (χ0) is 21.9. The van der Waals surface area contributed by atoms with E-state index in [0.717, 1.165) is 23.3 Å². The summed E-state index contributed by atoms with van der Waals surface area (Å²) in [6.45, 7) is 1.95. The molecule has 1 aromatic rings. The second kappa shape index (κ2) is 8.78. The SMILES string of the molecule is O=C(Nc1ccccc1)N1CC[C@H](CNC2=C(F)CNC(C3=CNC4NC=CC=C34)=N2)C1. The predicted molar refractivity (Wildman–Crippen MR) is 122 cm³/mol. The van der Waals surface area contributed by atoms with Crippen molar-refractivity contribution in [2.24, 2.45) is 10.9 Å². The Labute approximate surface area is 186 Å². The molecule has 0 spiro atoms. The number of halogens is 1. The zero-order valence-corrected chi connectivity index (χ0v) is 17.6. The third kappa shape index (κ3) is 4.18. The van der Waals surface area contributed by atoms with Gasteiger partial charge in [-0.3, -0.25) is 0 Å². The molecule has 9 heteroatoms. The highest BCUT2D eigenvalue weighted by molar-refractivity contribution is 6.04. The molecule has 4 aliphatic heterocycles. The number of amides is 2. The van der Waals surface area contributed by atoms with Crippen LogP contribution in [0.25, 0.3) is 0 Å². The number of allylic oxidation sites excluding steroid dienone is 2. The van der Waals surface area contributed by atoms with E-state index in [4.69, 9.17) is 0 Å². The fraction of sp³-hybridized carbons (Fsp3) is 0.304. The van der Waals surface area contributed by atoms with Crippen molar-refractivity contribution in [3.8, 4) is 0 Å². The van der Waals surface area contributed by atoms with E-state index in [9.17, 15) is 9.18 Å². The van der Waals surface area contributed by atoms with E-state index in [2.05, 4.69) is 31.6 Å². The van der Waals surface area contributed by atoms with Gasteiger partial charge in [0.15, 0.2) is 11.6 Å². The number of hydrogen-bond acceptors (Lipinski definition) is 6. The van der Waals surface area contributed by atoms with Gasteiger partial charge >= 0.3 is 6.03 Å². The molecule has 0 aromatic heterocycles. The molecule has 5 N–H and O–H groups in total. The third-order valence-corrected chi connectivity index (χ3v) is 5.95. The maximum Gasteiger partial charge on any atom is 0.321 e. The Morgan fingerprint density at radius 3 is 3.00 bits per heavy atom. The first-order valence-corrected chi connectivity index (χ1v) is 10.8. The minimum absolute atomic E-state index is 0.0122. The van der Waals surface area contributed by atoms with Gasteiger partial charge in [-0.05, 0) is 36.7 Å². The first-order valence-electron chi connectivity index (χ1n) is 10.8. The lowest BCUT2D eigenvalue weighted by molar-refractivity contribution is 0.221. The molecule has 0 saturated carbocycles. The molecular weight excluding hydrogens is 409 g/mol. The number of para-hydroxylation sites is 1. The molecule has 1 saturated heterocycles. The minimum atomic E-state index is -0.316. The summed E-state index contributed by atoms with van der Waals surface area (Å²) in [6.07, 6.45) is 8.60. The molecule has 2 atom stereocenters. The van der Waals surface area contributed by atoms with E-state index >= 15 is 0 Å². The monoisotopic (exact) mass is 435 g/mol. The molecule has 0 radical (unpaired) electrons. The van der Waals surface area contributed by atoms with Crippen LogP contribution < -0.4 is 26.6 Å². The van der Waals surface area contributed by atoms with Gasteiger partial charge in [0.2, 0.25) is 0 Å². The lowest BCUT2D eigenvalue weighted by atomic mass is 10.0. The highest BCUT2D eigenvalue weighted by atomic mass is 19.1. The van der Waals surface area contributed by atoms with Crippen molar-refractivity contribution in [2.45, 2.75) is 12.6 Å². The second-order valence-corrected chi connectivity index (χ2v) is 8.15. The van der Waals surface area contributed by atoms with Gasteiger partial charge in [0.25, 0.3) is 0 Å². The minimum Gasteiger partial charge on any atom is -0.368 e. The van der Waals surface area contributed by atoms with Crippen molar-refractivity contribution in [2.75, 3.05) is 31.5 Å². The summed E-state index contributed by atoms with van der Waals surface area (Å²) in [5, 5.41) is 15.6. The van der Waals surface area contributed by atoms with Crippen molar-refractivity contribution in [1.29, 1.82) is 0 Å². The number of amidine groups is 1. The summed E-state index contributed by atoms with van der Waals surface area (Å²) >= 11 is 0. The number of carbonyl (C=O) groups is 1. The Morgan fingerprint density at radius 1 is 1.25 bits per heavy atom. The summed E-state index contributed by atoms with van der Waals surface area (Å²) in [7, 11) is 0. The normalized spacial score (nSPS) is 23.9. The highest BCUT2D eigenvalue weighted by Gasteiger charge is 2.30. The Hall–Kier alpha value is -3.75. The van der Waals surface area contributed by atoms with Crippen molar-refractivity contribution >= 4 is 17.6 Å². The Kier molecular flexibility index (Phi) is 5.53. The van der Waals surface area contributed by atoms with E-state index in [1.807, 2.05) is 54.9 Å². The number of nitrogens with zero attached hydrogens (tertiary/aromatic N) is 2. The summed E-state index contributed by atoms with van der Waals surface area (Å²) in [6, 6.07) is 9.30. The van der Waals surface area contributed by atoms with Crippen molar-refractivity contribution in [3.63, 3.8) is 0 Å². The molecule has 5 rings (SSSR count). The van der Waals surface area contributed by atoms with Crippen LogP contribution in [-0.4, -0.2) is 49.1 Å².